The van der Waals surface area contributed by atoms with Crippen molar-refractivity contribution in [3.8, 4) is 11.5 Å². The number of benzene rings is 1. The zero-order valence-electron chi connectivity index (χ0n) is 16.9. The number of piperidine rings is 1. The maximum atomic E-state index is 12.1. The molecule has 0 spiro atoms. The van der Waals surface area contributed by atoms with Gasteiger partial charge in [0.05, 0.1) is 12.4 Å². The van der Waals surface area contributed by atoms with Crippen LogP contribution in [-0.4, -0.2) is 62.3 Å². The fourth-order valence-corrected chi connectivity index (χ4v) is 5.08. The molecule has 1 atom stereocenters. The number of rotatable bonds is 7. The smallest absolute Gasteiger partial charge is 0.213 e. The fraction of sp³-hybridized carbons (Fsp3) is 0.700. The van der Waals surface area contributed by atoms with Crippen molar-refractivity contribution in [1.82, 2.24) is 9.21 Å². The average Bonchev–Trinajstić information content (AvgIpc) is 3.01. The third-order valence-electron chi connectivity index (χ3n) is 5.65. The van der Waals surface area contributed by atoms with Crippen molar-refractivity contribution >= 4 is 10.0 Å². The molecule has 1 aromatic carbocycles. The minimum absolute atomic E-state index is 0.0989. The molecular weight excluding hydrogens is 364 g/mol. The molecule has 1 unspecified atom stereocenters. The second-order valence-electron chi connectivity index (χ2n) is 7.56. The van der Waals surface area contributed by atoms with Crippen molar-refractivity contribution < 1.29 is 17.9 Å². The lowest BCUT2D eigenvalue weighted by molar-refractivity contribution is 0.162. The Hall–Kier alpha value is -1.31. The molecule has 1 aromatic rings. The van der Waals surface area contributed by atoms with Crippen molar-refractivity contribution in [2.75, 3.05) is 32.5 Å². The van der Waals surface area contributed by atoms with Crippen molar-refractivity contribution in [2.45, 2.75) is 58.7 Å². The van der Waals surface area contributed by atoms with Crippen LogP contribution in [0.2, 0.25) is 0 Å². The Morgan fingerprint density at radius 3 is 2.59 bits per heavy atom. The second kappa shape index (κ2) is 8.37. The molecule has 0 N–H and O–H groups in total. The maximum absolute atomic E-state index is 12.1. The Morgan fingerprint density at radius 1 is 1.26 bits per heavy atom. The lowest BCUT2D eigenvalue weighted by atomic mass is 10.0. The Kier molecular flexibility index (Phi) is 6.33. The average molecular weight is 397 g/mol. The molecule has 0 radical (unpaired) electrons. The van der Waals surface area contributed by atoms with Gasteiger partial charge in [0.2, 0.25) is 10.0 Å². The lowest BCUT2D eigenvalue weighted by Crippen LogP contribution is -2.45. The van der Waals surface area contributed by atoms with Gasteiger partial charge in [-0.25, -0.2) is 12.7 Å². The number of likely N-dealkylation sites (tertiary alicyclic amines) is 1. The summed E-state index contributed by atoms with van der Waals surface area (Å²) in [6.07, 6.45) is 2.87. The molecule has 3 rings (SSSR count). The first-order valence-electron chi connectivity index (χ1n) is 9.97. The molecule has 0 aliphatic carbocycles. The number of ether oxygens (including phenoxy) is 2. The van der Waals surface area contributed by atoms with E-state index in [1.54, 1.807) is 18.3 Å². The summed E-state index contributed by atoms with van der Waals surface area (Å²) in [5.74, 6) is 2.08. The van der Waals surface area contributed by atoms with Crippen LogP contribution in [0.1, 0.15) is 44.7 Å². The highest BCUT2D eigenvalue weighted by molar-refractivity contribution is 7.89. The van der Waals surface area contributed by atoms with E-state index in [2.05, 4.69) is 24.0 Å². The summed E-state index contributed by atoms with van der Waals surface area (Å²) in [6, 6.07) is 4.36. The number of fused-ring (bicyclic) bond motifs is 1. The van der Waals surface area contributed by atoms with Crippen LogP contribution in [0.25, 0.3) is 0 Å². The summed E-state index contributed by atoms with van der Waals surface area (Å²) in [5, 5.41) is 0. The SMILES string of the molecule is CCOc1cc2c(cc1CN1CCC(N(C)S(=O)(=O)CC)CC1)OC(C)C2. The van der Waals surface area contributed by atoms with Crippen LogP contribution in [0.3, 0.4) is 0 Å². The van der Waals surface area contributed by atoms with E-state index in [4.69, 9.17) is 9.47 Å². The van der Waals surface area contributed by atoms with Gasteiger partial charge >= 0.3 is 0 Å². The molecule has 2 aliphatic rings. The fourth-order valence-electron chi connectivity index (χ4n) is 4.01. The van der Waals surface area contributed by atoms with E-state index < -0.39 is 10.0 Å². The molecule has 152 valence electrons. The predicted molar refractivity (Wildman–Crippen MR) is 107 cm³/mol. The van der Waals surface area contributed by atoms with E-state index in [0.29, 0.717) is 6.61 Å². The van der Waals surface area contributed by atoms with Crippen LogP contribution in [0, 0.1) is 0 Å². The van der Waals surface area contributed by atoms with Crippen LogP contribution in [0.4, 0.5) is 0 Å². The molecule has 2 aliphatic heterocycles. The number of sulfonamides is 1. The second-order valence-corrected chi connectivity index (χ2v) is 9.87. The van der Waals surface area contributed by atoms with Crippen LogP contribution in [0.15, 0.2) is 12.1 Å². The first-order valence-corrected chi connectivity index (χ1v) is 11.6. The quantitative estimate of drug-likeness (QED) is 0.709. The molecule has 0 saturated carbocycles. The molecule has 2 heterocycles. The standard InChI is InChI=1S/C20H32N2O4S/c1-5-25-19-12-16-11-15(3)26-20(16)13-17(19)14-22-9-7-18(8-10-22)21(4)27(23,24)6-2/h12-13,15,18H,5-11,14H2,1-4H3. The van der Waals surface area contributed by atoms with Gasteiger partial charge in [-0.2, -0.15) is 0 Å². The van der Waals surface area contributed by atoms with Gasteiger partial charge in [-0.3, -0.25) is 4.90 Å². The molecule has 1 fully saturated rings. The van der Waals surface area contributed by atoms with E-state index in [9.17, 15) is 8.42 Å². The molecule has 0 aromatic heterocycles. The van der Waals surface area contributed by atoms with E-state index in [1.165, 1.54) is 5.56 Å². The highest BCUT2D eigenvalue weighted by atomic mass is 32.2. The van der Waals surface area contributed by atoms with E-state index in [-0.39, 0.29) is 17.9 Å². The molecule has 0 amide bonds. The number of hydrogen-bond donors (Lipinski definition) is 0. The maximum Gasteiger partial charge on any atom is 0.213 e. The zero-order valence-corrected chi connectivity index (χ0v) is 17.7. The third-order valence-corrected chi connectivity index (χ3v) is 7.55. The molecule has 1 saturated heterocycles. The minimum Gasteiger partial charge on any atom is -0.494 e. The molecule has 6 nitrogen and oxygen atoms in total. The Morgan fingerprint density at radius 2 is 1.96 bits per heavy atom. The minimum atomic E-state index is -3.12. The molecule has 27 heavy (non-hydrogen) atoms. The van der Waals surface area contributed by atoms with E-state index >= 15 is 0 Å². The summed E-state index contributed by atoms with van der Waals surface area (Å²) in [7, 11) is -1.41. The van der Waals surface area contributed by atoms with Crippen LogP contribution >= 0.6 is 0 Å². The summed E-state index contributed by atoms with van der Waals surface area (Å²) in [5.41, 5.74) is 2.37. The molecule has 0 bridgehead atoms. The first kappa shape index (κ1) is 20.4. The monoisotopic (exact) mass is 396 g/mol. The van der Waals surface area contributed by atoms with Gasteiger partial charge < -0.3 is 9.47 Å². The lowest BCUT2D eigenvalue weighted by Gasteiger charge is -2.36. The van der Waals surface area contributed by atoms with Crippen LogP contribution in [-0.2, 0) is 23.0 Å². The highest BCUT2D eigenvalue weighted by Gasteiger charge is 2.29. The van der Waals surface area contributed by atoms with Gasteiger partial charge in [0.25, 0.3) is 0 Å². The third kappa shape index (κ3) is 4.58. The zero-order chi connectivity index (χ0) is 19.6. The summed E-state index contributed by atoms with van der Waals surface area (Å²) in [6.45, 7) is 9.01. The van der Waals surface area contributed by atoms with Gasteiger partial charge in [-0.05, 0) is 45.7 Å². The normalized spacial score (nSPS) is 21.3. The molecular formula is C20H32N2O4S. The first-order chi connectivity index (χ1) is 12.8. The van der Waals surface area contributed by atoms with Crippen molar-refractivity contribution in [3.05, 3.63) is 23.3 Å². The predicted octanol–water partition coefficient (Wildman–Crippen LogP) is 2.65. The van der Waals surface area contributed by atoms with Gasteiger partial charge in [-0.1, -0.05) is 0 Å². The summed E-state index contributed by atoms with van der Waals surface area (Å²) < 4.78 is 37.6. The Bertz CT molecular complexity index is 757. The number of nitrogens with zero attached hydrogens (tertiary/aromatic N) is 2. The summed E-state index contributed by atoms with van der Waals surface area (Å²) >= 11 is 0. The number of hydrogen-bond acceptors (Lipinski definition) is 5. The van der Waals surface area contributed by atoms with Gasteiger partial charge in [0, 0.05) is 50.3 Å². The van der Waals surface area contributed by atoms with Crippen molar-refractivity contribution in [3.63, 3.8) is 0 Å². The van der Waals surface area contributed by atoms with Crippen LogP contribution < -0.4 is 9.47 Å². The van der Waals surface area contributed by atoms with E-state index in [1.807, 2.05) is 6.92 Å². The topological polar surface area (TPSA) is 59.1 Å². The van der Waals surface area contributed by atoms with Gasteiger partial charge in [-0.15, -0.1) is 0 Å². The van der Waals surface area contributed by atoms with Crippen LogP contribution in [0.5, 0.6) is 11.5 Å². The van der Waals surface area contributed by atoms with Gasteiger partial charge in [0.15, 0.2) is 0 Å². The van der Waals surface area contributed by atoms with Crippen molar-refractivity contribution in [1.29, 1.82) is 0 Å². The van der Waals surface area contributed by atoms with Crippen molar-refractivity contribution in [2.24, 2.45) is 0 Å². The van der Waals surface area contributed by atoms with Gasteiger partial charge in [0.1, 0.15) is 17.6 Å². The molecule has 7 heteroatoms. The summed E-state index contributed by atoms with van der Waals surface area (Å²) in [4.78, 5) is 2.38. The highest BCUT2D eigenvalue weighted by Crippen LogP contribution is 2.36. The Balaban J connectivity index is 1.66. The Labute approximate surface area is 163 Å². The largest absolute Gasteiger partial charge is 0.494 e. The van der Waals surface area contributed by atoms with E-state index in [0.717, 1.165) is 56.0 Å².